The third kappa shape index (κ3) is 7.85. The zero-order chi connectivity index (χ0) is 42.3. The van der Waals surface area contributed by atoms with Gasteiger partial charge in [0.15, 0.2) is 0 Å². The van der Waals surface area contributed by atoms with E-state index < -0.39 is 0 Å². The zero-order valence-electron chi connectivity index (χ0n) is 37.6. The molecule has 0 saturated heterocycles. The summed E-state index contributed by atoms with van der Waals surface area (Å²) in [5.41, 5.74) is 14.3. The molecule has 1 aliphatic heterocycles. The van der Waals surface area contributed by atoms with Crippen molar-refractivity contribution in [2.75, 3.05) is 24.0 Å². The van der Waals surface area contributed by atoms with Gasteiger partial charge in [0.1, 0.15) is 5.75 Å². The highest BCUT2D eigenvalue weighted by Crippen LogP contribution is 2.56. The highest BCUT2D eigenvalue weighted by Gasteiger charge is 2.45. The van der Waals surface area contributed by atoms with Crippen molar-refractivity contribution >= 4 is 22.6 Å². The van der Waals surface area contributed by atoms with E-state index in [1.165, 1.54) is 129 Å². The first-order valence-electron chi connectivity index (χ1n) is 24.7. The molecule has 0 bridgehead atoms. The van der Waals surface area contributed by atoms with Crippen molar-refractivity contribution in [1.29, 1.82) is 0 Å². The van der Waals surface area contributed by atoms with E-state index in [2.05, 4.69) is 149 Å². The van der Waals surface area contributed by atoms with E-state index in [1.807, 2.05) is 7.11 Å². The lowest BCUT2D eigenvalue weighted by Gasteiger charge is -2.44. The Hall–Kier alpha value is -5.06. The number of rotatable bonds is 10. The van der Waals surface area contributed by atoms with Gasteiger partial charge < -0.3 is 19.3 Å². The molecule has 0 N–H and O–H groups in total. The molecule has 0 radical (unpaired) electrons. The van der Waals surface area contributed by atoms with Crippen LogP contribution in [-0.2, 0) is 4.74 Å². The number of nitrogens with zero attached hydrogens (tertiary/aromatic N) is 2. The van der Waals surface area contributed by atoms with E-state index in [9.17, 15) is 0 Å². The second kappa shape index (κ2) is 17.8. The molecule has 0 aromatic heterocycles. The number of methoxy groups -OCH3 is 2. The van der Waals surface area contributed by atoms with Crippen LogP contribution in [0.1, 0.15) is 118 Å². The van der Waals surface area contributed by atoms with Crippen molar-refractivity contribution in [1.82, 2.24) is 0 Å². The standard InChI is InChI=1S/C59H66N2O2/c1-62-50-30-20-42(21-31-50)45-24-35-58-55(38-45)56-39-46(43-22-32-51(63-2)33-23-43)25-36-59(56)61(58)49-28-18-44(19-29-49)52-34-37-57(54-15-9-14-53(52)54)60(47-12-7-4-8-13-47)48-26-16-41(17-27-48)40-10-5-3-6-11-40/h3-8,10-13,18-21,24,28-31,34-35,37-38,41,43,46,48,51,53-54,56,59H,9,14-17,22-23,25-27,32-33,36,39H2,1-2H3. The van der Waals surface area contributed by atoms with Crippen LogP contribution in [0.2, 0.25) is 0 Å². The molecule has 1 heterocycles. The Balaban J connectivity index is 0.879. The molecule has 4 heteroatoms. The molecule has 5 aliphatic carbocycles. The summed E-state index contributed by atoms with van der Waals surface area (Å²) in [7, 11) is 3.65. The Morgan fingerprint density at radius 1 is 0.556 bits per heavy atom. The van der Waals surface area contributed by atoms with Crippen LogP contribution in [0.3, 0.4) is 0 Å². The van der Waals surface area contributed by atoms with Crippen LogP contribution >= 0.6 is 0 Å². The summed E-state index contributed by atoms with van der Waals surface area (Å²) >= 11 is 0. The van der Waals surface area contributed by atoms with Crippen molar-refractivity contribution in [3.05, 3.63) is 162 Å². The molecule has 5 aromatic carbocycles. The predicted octanol–water partition coefficient (Wildman–Crippen LogP) is 14.9. The van der Waals surface area contributed by atoms with Gasteiger partial charge >= 0.3 is 0 Å². The minimum Gasteiger partial charge on any atom is -0.497 e. The molecule has 4 fully saturated rings. The first kappa shape index (κ1) is 40.7. The predicted molar refractivity (Wildman–Crippen MR) is 261 cm³/mol. The van der Waals surface area contributed by atoms with Gasteiger partial charge in [0.05, 0.1) is 13.2 Å². The lowest BCUT2D eigenvalue weighted by Crippen LogP contribution is -2.41. The summed E-state index contributed by atoms with van der Waals surface area (Å²) in [5.74, 6) is 4.86. The Kier molecular flexibility index (Phi) is 11.5. The van der Waals surface area contributed by atoms with Crippen molar-refractivity contribution < 1.29 is 9.47 Å². The third-order valence-electron chi connectivity index (χ3n) is 16.9. The van der Waals surface area contributed by atoms with Crippen LogP contribution in [0.4, 0.5) is 17.1 Å². The average Bonchev–Trinajstić information content (AvgIpc) is 3.99. The molecule has 5 atom stereocenters. The summed E-state index contributed by atoms with van der Waals surface area (Å²) in [6.45, 7) is 0. The number of anilines is 3. The fourth-order valence-electron chi connectivity index (χ4n) is 13.6. The van der Waals surface area contributed by atoms with Gasteiger partial charge in [-0.15, -0.1) is 0 Å². The Morgan fingerprint density at radius 3 is 1.97 bits per heavy atom. The fourth-order valence-corrected chi connectivity index (χ4v) is 13.6. The van der Waals surface area contributed by atoms with Crippen molar-refractivity contribution in [2.45, 2.75) is 120 Å². The van der Waals surface area contributed by atoms with Crippen LogP contribution in [0.25, 0.3) is 16.7 Å². The van der Waals surface area contributed by atoms with Gasteiger partial charge in [-0.3, -0.25) is 0 Å². The SMILES string of the molecule is COc1ccc(-c2ccc3c(c2)C2CC(C4CCC(OC)CC4)CCC2N3c2ccc(C3=CC=C(N(c4ccccc4)C4CCC(c5ccccc5)CC4)C4CCCC34)cc2)cc1. The summed E-state index contributed by atoms with van der Waals surface area (Å²) in [6, 6.07) is 49.4. The lowest BCUT2D eigenvalue weighted by molar-refractivity contribution is 0.0400. The minimum absolute atomic E-state index is 0.455. The van der Waals surface area contributed by atoms with Gasteiger partial charge in [-0.05, 0) is 195 Å². The van der Waals surface area contributed by atoms with Gasteiger partial charge in [0.25, 0.3) is 0 Å². The van der Waals surface area contributed by atoms with Gasteiger partial charge in [-0.2, -0.15) is 0 Å². The molecule has 5 unspecified atom stereocenters. The second-order valence-electron chi connectivity index (χ2n) is 19.9. The van der Waals surface area contributed by atoms with Crippen molar-refractivity contribution in [3.63, 3.8) is 0 Å². The van der Waals surface area contributed by atoms with Crippen LogP contribution in [-0.4, -0.2) is 32.4 Å². The lowest BCUT2D eigenvalue weighted by atomic mass is 9.68. The number of para-hydroxylation sites is 1. The molecule has 63 heavy (non-hydrogen) atoms. The summed E-state index contributed by atoms with van der Waals surface area (Å²) < 4.78 is 11.3. The molecule has 0 amide bonds. The molecule has 4 saturated carbocycles. The van der Waals surface area contributed by atoms with E-state index >= 15 is 0 Å². The Bertz CT molecular complexity index is 2390. The van der Waals surface area contributed by atoms with Crippen molar-refractivity contribution in [3.8, 4) is 16.9 Å². The largest absolute Gasteiger partial charge is 0.497 e. The maximum Gasteiger partial charge on any atom is 0.118 e. The van der Waals surface area contributed by atoms with Crippen LogP contribution in [0.15, 0.2) is 145 Å². The van der Waals surface area contributed by atoms with E-state index in [0.717, 1.165) is 17.6 Å². The fraction of sp³-hybridized carbons (Fsp3) is 0.424. The quantitative estimate of drug-likeness (QED) is 0.140. The molecule has 4 nitrogen and oxygen atoms in total. The number of benzene rings is 5. The summed E-state index contributed by atoms with van der Waals surface area (Å²) in [5, 5.41) is 0. The number of hydrogen-bond donors (Lipinski definition) is 0. The van der Waals surface area contributed by atoms with E-state index in [1.54, 1.807) is 23.9 Å². The van der Waals surface area contributed by atoms with E-state index in [0.29, 0.717) is 41.9 Å². The summed E-state index contributed by atoms with van der Waals surface area (Å²) in [6.07, 6.45) is 23.3. The third-order valence-corrected chi connectivity index (χ3v) is 16.9. The van der Waals surface area contributed by atoms with Gasteiger partial charge in [-0.1, -0.05) is 91.4 Å². The molecular weight excluding hydrogens is 769 g/mol. The highest BCUT2D eigenvalue weighted by atomic mass is 16.5. The highest BCUT2D eigenvalue weighted by molar-refractivity contribution is 5.80. The monoisotopic (exact) mass is 835 g/mol. The van der Waals surface area contributed by atoms with E-state index in [4.69, 9.17) is 9.47 Å². The van der Waals surface area contributed by atoms with Gasteiger partial charge in [0.2, 0.25) is 0 Å². The molecule has 324 valence electrons. The number of allylic oxidation sites excluding steroid dienone is 4. The Morgan fingerprint density at radius 2 is 1.24 bits per heavy atom. The number of ether oxygens (including phenoxy) is 2. The first-order chi connectivity index (χ1) is 31.1. The maximum atomic E-state index is 5.79. The molecule has 11 rings (SSSR count). The topological polar surface area (TPSA) is 24.9 Å². The molecular formula is C59H66N2O2. The first-order valence-corrected chi connectivity index (χ1v) is 24.7. The van der Waals surface area contributed by atoms with E-state index in [-0.39, 0.29) is 0 Å². The smallest absolute Gasteiger partial charge is 0.118 e. The summed E-state index contributed by atoms with van der Waals surface area (Å²) in [4.78, 5) is 5.54. The molecule has 0 spiro atoms. The van der Waals surface area contributed by atoms with Gasteiger partial charge in [-0.25, -0.2) is 0 Å². The molecule has 6 aliphatic rings. The van der Waals surface area contributed by atoms with Crippen molar-refractivity contribution in [2.24, 2.45) is 23.7 Å². The Labute approximate surface area is 377 Å². The van der Waals surface area contributed by atoms with Crippen LogP contribution in [0, 0.1) is 23.7 Å². The van der Waals surface area contributed by atoms with Crippen LogP contribution in [0.5, 0.6) is 5.75 Å². The number of hydrogen-bond acceptors (Lipinski definition) is 4. The second-order valence-corrected chi connectivity index (χ2v) is 19.9. The van der Waals surface area contributed by atoms with Gasteiger partial charge in [0, 0.05) is 53.8 Å². The minimum atomic E-state index is 0.455. The normalized spacial score (nSPS) is 28.9. The van der Waals surface area contributed by atoms with Crippen LogP contribution < -0.4 is 14.5 Å². The molecule has 5 aromatic rings. The maximum absolute atomic E-state index is 5.79. The number of fused-ring (bicyclic) bond motifs is 4. The average molecular weight is 835 g/mol. The zero-order valence-corrected chi connectivity index (χ0v) is 37.6.